The van der Waals surface area contributed by atoms with E-state index in [0.717, 1.165) is 37.4 Å². The number of likely N-dealkylation sites (tertiary alicyclic amines) is 2. The van der Waals surface area contributed by atoms with E-state index in [9.17, 15) is 4.79 Å². The quantitative estimate of drug-likeness (QED) is 0.866. The number of amides is 1. The molecule has 2 aliphatic heterocycles. The molecular formula is C19H22N4O. The lowest BCUT2D eigenvalue weighted by Crippen LogP contribution is -2.52. The molecule has 2 aromatic heterocycles. The van der Waals surface area contributed by atoms with Gasteiger partial charge in [-0.3, -0.25) is 19.7 Å². The molecule has 5 heteroatoms. The van der Waals surface area contributed by atoms with Gasteiger partial charge >= 0.3 is 0 Å². The van der Waals surface area contributed by atoms with Crippen LogP contribution in [0.15, 0.2) is 48.9 Å². The second-order valence-electron chi connectivity index (χ2n) is 6.63. The van der Waals surface area contributed by atoms with Crippen LogP contribution in [-0.4, -0.2) is 51.9 Å². The summed E-state index contributed by atoms with van der Waals surface area (Å²) in [6.45, 7) is 3.51. The molecule has 24 heavy (non-hydrogen) atoms. The van der Waals surface area contributed by atoms with Crippen molar-refractivity contribution in [3.63, 3.8) is 0 Å². The number of carbonyl (C=O) groups excluding carboxylic acids is 1. The van der Waals surface area contributed by atoms with Gasteiger partial charge in [0.05, 0.1) is 0 Å². The van der Waals surface area contributed by atoms with Crippen molar-refractivity contribution < 1.29 is 4.79 Å². The van der Waals surface area contributed by atoms with Crippen molar-refractivity contribution in [1.29, 1.82) is 0 Å². The number of aromatic nitrogens is 2. The van der Waals surface area contributed by atoms with E-state index in [4.69, 9.17) is 0 Å². The summed E-state index contributed by atoms with van der Waals surface area (Å²) in [5.74, 6) is 0.570. The van der Waals surface area contributed by atoms with Gasteiger partial charge in [0, 0.05) is 43.3 Å². The first kappa shape index (κ1) is 15.3. The van der Waals surface area contributed by atoms with Crippen molar-refractivity contribution in [3.05, 3.63) is 60.2 Å². The van der Waals surface area contributed by atoms with Crippen LogP contribution in [0.2, 0.25) is 0 Å². The number of carbonyl (C=O) groups is 1. The van der Waals surface area contributed by atoms with E-state index >= 15 is 0 Å². The van der Waals surface area contributed by atoms with Gasteiger partial charge in [0.1, 0.15) is 6.04 Å². The molecule has 4 rings (SSSR count). The summed E-state index contributed by atoms with van der Waals surface area (Å²) in [7, 11) is 0. The summed E-state index contributed by atoms with van der Waals surface area (Å²) < 4.78 is 0. The maximum atomic E-state index is 13.1. The largest absolute Gasteiger partial charge is 0.340 e. The van der Waals surface area contributed by atoms with E-state index in [1.54, 1.807) is 6.20 Å². The van der Waals surface area contributed by atoms with Crippen molar-refractivity contribution in [1.82, 2.24) is 19.8 Å². The van der Waals surface area contributed by atoms with Gasteiger partial charge in [0.25, 0.3) is 0 Å². The van der Waals surface area contributed by atoms with E-state index in [2.05, 4.69) is 14.9 Å². The maximum absolute atomic E-state index is 13.1. The summed E-state index contributed by atoms with van der Waals surface area (Å²) >= 11 is 0. The molecule has 4 heterocycles. The smallest absolute Gasteiger partial charge is 0.244 e. The van der Waals surface area contributed by atoms with Crippen molar-refractivity contribution in [2.75, 3.05) is 26.2 Å². The van der Waals surface area contributed by atoms with Gasteiger partial charge in [0.15, 0.2) is 0 Å². The van der Waals surface area contributed by atoms with E-state index < -0.39 is 0 Å². The Morgan fingerprint density at radius 3 is 2.58 bits per heavy atom. The number of pyridine rings is 2. The Balaban J connectivity index is 1.49. The van der Waals surface area contributed by atoms with E-state index in [-0.39, 0.29) is 11.9 Å². The summed E-state index contributed by atoms with van der Waals surface area (Å²) in [5.41, 5.74) is 2.09. The molecule has 2 aromatic rings. The fourth-order valence-corrected chi connectivity index (χ4v) is 3.68. The van der Waals surface area contributed by atoms with Crippen molar-refractivity contribution >= 4 is 5.91 Å². The van der Waals surface area contributed by atoms with Crippen molar-refractivity contribution in [3.8, 4) is 0 Å². The van der Waals surface area contributed by atoms with Crippen LogP contribution >= 0.6 is 0 Å². The molecule has 0 N–H and O–H groups in total. The average Bonchev–Trinajstić information content (AvgIpc) is 3.10. The van der Waals surface area contributed by atoms with E-state index in [1.165, 1.54) is 12.8 Å². The van der Waals surface area contributed by atoms with Gasteiger partial charge in [-0.25, -0.2) is 0 Å². The number of rotatable bonds is 4. The molecule has 0 saturated carbocycles. The zero-order valence-electron chi connectivity index (χ0n) is 13.7. The van der Waals surface area contributed by atoms with Crippen LogP contribution in [0.3, 0.4) is 0 Å². The molecule has 2 aliphatic rings. The van der Waals surface area contributed by atoms with Crippen LogP contribution in [0.5, 0.6) is 0 Å². The van der Waals surface area contributed by atoms with Gasteiger partial charge in [-0.05, 0) is 49.7 Å². The molecule has 5 nitrogen and oxygen atoms in total. The van der Waals surface area contributed by atoms with Gasteiger partial charge < -0.3 is 4.90 Å². The predicted molar refractivity (Wildman–Crippen MR) is 91.3 cm³/mol. The predicted octanol–water partition coefficient (Wildman–Crippen LogP) is 2.24. The molecule has 0 aromatic carbocycles. The minimum atomic E-state index is -0.189. The molecule has 0 spiro atoms. The first-order chi connectivity index (χ1) is 11.8. The third kappa shape index (κ3) is 2.91. The second kappa shape index (κ2) is 6.69. The lowest BCUT2D eigenvalue weighted by atomic mass is 9.93. The molecule has 1 amide bonds. The van der Waals surface area contributed by atoms with Crippen LogP contribution in [0.1, 0.15) is 36.1 Å². The van der Waals surface area contributed by atoms with Crippen LogP contribution in [-0.2, 0) is 4.79 Å². The zero-order chi connectivity index (χ0) is 16.4. The second-order valence-corrected chi connectivity index (χ2v) is 6.63. The fourth-order valence-electron chi connectivity index (χ4n) is 3.68. The number of nitrogens with zero attached hydrogens (tertiary/aromatic N) is 4. The Kier molecular flexibility index (Phi) is 4.26. The fraction of sp³-hybridized carbons (Fsp3) is 0.421. The van der Waals surface area contributed by atoms with Gasteiger partial charge in [-0.15, -0.1) is 0 Å². The van der Waals surface area contributed by atoms with E-state index in [0.29, 0.717) is 5.92 Å². The Hall–Kier alpha value is -2.27. The standard InChI is InChI=1S/C19H22N4O/c24-19(23-13-16(14-23)17-7-1-2-9-21-17)18(22-10-3-4-11-22)15-6-5-8-20-12-15/h1-2,5-9,12,16,18H,3-4,10-11,13-14H2/t18-/m0/s1. The highest BCUT2D eigenvalue weighted by atomic mass is 16.2. The third-order valence-electron chi connectivity index (χ3n) is 5.04. The SMILES string of the molecule is O=C([C@H](c1cccnc1)N1CCCC1)N1CC(c2ccccn2)C1. The normalized spacial score (nSPS) is 19.9. The lowest BCUT2D eigenvalue weighted by molar-refractivity contribution is -0.141. The van der Waals surface area contributed by atoms with E-state index in [1.807, 2.05) is 47.6 Å². The number of hydrogen-bond acceptors (Lipinski definition) is 4. The molecule has 0 aliphatic carbocycles. The molecule has 2 saturated heterocycles. The minimum Gasteiger partial charge on any atom is -0.340 e. The Morgan fingerprint density at radius 1 is 1.08 bits per heavy atom. The zero-order valence-corrected chi connectivity index (χ0v) is 13.7. The van der Waals surface area contributed by atoms with Gasteiger partial charge in [-0.1, -0.05) is 12.1 Å². The minimum absolute atomic E-state index is 0.189. The molecule has 0 unspecified atom stereocenters. The van der Waals surface area contributed by atoms with Gasteiger partial charge in [-0.2, -0.15) is 0 Å². The monoisotopic (exact) mass is 322 g/mol. The Morgan fingerprint density at radius 2 is 1.92 bits per heavy atom. The van der Waals surface area contributed by atoms with Crippen molar-refractivity contribution in [2.24, 2.45) is 0 Å². The molecule has 124 valence electrons. The molecular weight excluding hydrogens is 300 g/mol. The summed E-state index contributed by atoms with van der Waals surface area (Å²) in [4.78, 5) is 26.0. The third-order valence-corrected chi connectivity index (χ3v) is 5.04. The van der Waals surface area contributed by atoms with Gasteiger partial charge in [0.2, 0.25) is 5.91 Å². The Labute approximate surface area is 142 Å². The van der Waals surface area contributed by atoms with Crippen LogP contribution < -0.4 is 0 Å². The summed E-state index contributed by atoms with van der Waals surface area (Å²) in [6, 6.07) is 9.73. The topological polar surface area (TPSA) is 49.3 Å². The average molecular weight is 322 g/mol. The van der Waals surface area contributed by atoms with Crippen LogP contribution in [0, 0.1) is 0 Å². The lowest BCUT2D eigenvalue weighted by Gasteiger charge is -2.42. The summed E-state index contributed by atoms with van der Waals surface area (Å²) in [6.07, 6.45) is 7.75. The van der Waals surface area contributed by atoms with Crippen LogP contribution in [0.4, 0.5) is 0 Å². The number of hydrogen-bond donors (Lipinski definition) is 0. The molecule has 0 bridgehead atoms. The highest BCUT2D eigenvalue weighted by Gasteiger charge is 2.39. The molecule has 2 fully saturated rings. The highest BCUT2D eigenvalue weighted by Crippen LogP contribution is 2.32. The van der Waals surface area contributed by atoms with Crippen LogP contribution in [0.25, 0.3) is 0 Å². The Bertz CT molecular complexity index is 679. The first-order valence-electron chi connectivity index (χ1n) is 8.66. The maximum Gasteiger partial charge on any atom is 0.244 e. The first-order valence-corrected chi connectivity index (χ1v) is 8.66. The van der Waals surface area contributed by atoms with Crippen molar-refractivity contribution in [2.45, 2.75) is 24.8 Å². The molecule has 1 atom stereocenters. The summed E-state index contributed by atoms with van der Waals surface area (Å²) in [5, 5.41) is 0. The molecule has 0 radical (unpaired) electrons. The highest BCUT2D eigenvalue weighted by molar-refractivity contribution is 5.84.